The van der Waals surface area contributed by atoms with Crippen LogP contribution in [0.15, 0.2) is 22.9 Å². The third kappa shape index (κ3) is 2.18. The van der Waals surface area contributed by atoms with E-state index in [0.29, 0.717) is 0 Å². The van der Waals surface area contributed by atoms with Gasteiger partial charge in [0.15, 0.2) is 12.0 Å². The van der Waals surface area contributed by atoms with Gasteiger partial charge in [-0.2, -0.15) is 4.98 Å². The fourth-order valence-electron chi connectivity index (χ4n) is 1.83. The topological polar surface area (TPSA) is 137 Å². The molecule has 2 rings (SSSR count). The van der Waals surface area contributed by atoms with E-state index in [-0.39, 0.29) is 23.4 Å². The largest absolute Gasteiger partial charge is 0.395 e. The maximum absolute atomic E-state index is 12.8. The standard InChI is InChI=1S/C10H13FN4O4/c11-1-4-7(17)6(3-16)19-9(4)15-2-5(12)8(13)14-10(15)18/h1-2,6-7,9,16-17H,3,12H2,(H2,13,14,18). The second-order valence-corrected chi connectivity index (χ2v) is 4.03. The molecular formula is C10H13FN4O4. The van der Waals surface area contributed by atoms with Gasteiger partial charge in [0, 0.05) is 11.8 Å². The van der Waals surface area contributed by atoms with E-state index in [1.807, 2.05) is 0 Å². The van der Waals surface area contributed by atoms with Crippen LogP contribution in [0.25, 0.3) is 0 Å². The van der Waals surface area contributed by atoms with E-state index in [9.17, 15) is 14.3 Å². The van der Waals surface area contributed by atoms with Gasteiger partial charge in [-0.05, 0) is 0 Å². The fourth-order valence-corrected chi connectivity index (χ4v) is 1.83. The lowest BCUT2D eigenvalue weighted by molar-refractivity contribution is -0.0446. The van der Waals surface area contributed by atoms with Crippen LogP contribution < -0.4 is 17.2 Å². The molecule has 1 aliphatic heterocycles. The Balaban J connectivity index is 2.47. The third-order valence-corrected chi connectivity index (χ3v) is 2.85. The highest BCUT2D eigenvalue weighted by atomic mass is 19.1. The summed E-state index contributed by atoms with van der Waals surface area (Å²) in [6, 6.07) is 0. The number of rotatable bonds is 2. The summed E-state index contributed by atoms with van der Waals surface area (Å²) in [5.41, 5.74) is 9.90. The average Bonchev–Trinajstić information content (AvgIpc) is 2.70. The van der Waals surface area contributed by atoms with Gasteiger partial charge >= 0.3 is 5.69 Å². The van der Waals surface area contributed by atoms with Crippen LogP contribution >= 0.6 is 0 Å². The molecular weight excluding hydrogens is 259 g/mol. The first-order valence-electron chi connectivity index (χ1n) is 5.38. The normalized spacial score (nSPS) is 29.0. The Morgan fingerprint density at radius 2 is 2.26 bits per heavy atom. The van der Waals surface area contributed by atoms with Crippen molar-refractivity contribution >= 4 is 11.5 Å². The lowest BCUT2D eigenvalue weighted by atomic mass is 10.1. The van der Waals surface area contributed by atoms with Gasteiger partial charge in [0.25, 0.3) is 0 Å². The predicted molar refractivity (Wildman–Crippen MR) is 63.5 cm³/mol. The number of aliphatic hydroxyl groups excluding tert-OH is 2. The molecule has 0 aliphatic carbocycles. The Hall–Kier alpha value is -1.97. The number of hydrogen-bond donors (Lipinski definition) is 4. The van der Waals surface area contributed by atoms with Crippen LogP contribution in [0, 0.1) is 0 Å². The molecule has 2 heterocycles. The van der Waals surface area contributed by atoms with Crippen molar-refractivity contribution in [3.63, 3.8) is 0 Å². The molecule has 1 aromatic heterocycles. The van der Waals surface area contributed by atoms with Gasteiger partial charge in [0.05, 0.1) is 18.6 Å². The SMILES string of the molecule is Nc1cn(C2OC(CO)C(O)C2=CF)c(=O)nc1N. The number of aliphatic hydroxyl groups is 2. The minimum Gasteiger partial charge on any atom is -0.395 e. The first-order chi connectivity index (χ1) is 8.99. The molecule has 0 bridgehead atoms. The first kappa shape index (κ1) is 13.5. The number of hydrogen-bond acceptors (Lipinski definition) is 7. The summed E-state index contributed by atoms with van der Waals surface area (Å²) in [5.74, 6) is -0.149. The lowest BCUT2D eigenvalue weighted by Gasteiger charge is -2.15. The second kappa shape index (κ2) is 4.96. The smallest absolute Gasteiger partial charge is 0.352 e. The lowest BCUT2D eigenvalue weighted by Crippen LogP contribution is -2.29. The summed E-state index contributed by atoms with van der Waals surface area (Å²) in [6.45, 7) is -0.526. The van der Waals surface area contributed by atoms with Crippen molar-refractivity contribution in [1.29, 1.82) is 0 Å². The molecule has 1 aromatic rings. The predicted octanol–water partition coefficient (Wildman–Crippen LogP) is -1.49. The van der Waals surface area contributed by atoms with Crippen LogP contribution in [0.4, 0.5) is 15.9 Å². The second-order valence-electron chi connectivity index (χ2n) is 4.03. The van der Waals surface area contributed by atoms with Gasteiger partial charge in [-0.1, -0.05) is 0 Å². The molecule has 6 N–H and O–H groups in total. The zero-order valence-electron chi connectivity index (χ0n) is 9.73. The number of nitrogens with zero attached hydrogens (tertiary/aromatic N) is 2. The monoisotopic (exact) mass is 272 g/mol. The third-order valence-electron chi connectivity index (χ3n) is 2.85. The summed E-state index contributed by atoms with van der Waals surface area (Å²) in [6.07, 6.45) is -2.33. The highest BCUT2D eigenvalue weighted by Crippen LogP contribution is 2.33. The molecule has 0 saturated carbocycles. The Bertz CT molecular complexity index is 573. The minimum absolute atomic E-state index is 0.0170. The van der Waals surface area contributed by atoms with E-state index in [4.69, 9.17) is 21.3 Å². The molecule has 1 aliphatic rings. The zero-order valence-corrected chi connectivity index (χ0v) is 9.73. The van der Waals surface area contributed by atoms with Crippen molar-refractivity contribution in [2.45, 2.75) is 18.4 Å². The van der Waals surface area contributed by atoms with Crippen LogP contribution in [-0.4, -0.2) is 38.6 Å². The summed E-state index contributed by atoms with van der Waals surface area (Å²) >= 11 is 0. The molecule has 3 atom stereocenters. The molecule has 3 unspecified atom stereocenters. The number of ether oxygens (including phenoxy) is 1. The van der Waals surface area contributed by atoms with Crippen molar-refractivity contribution in [2.24, 2.45) is 0 Å². The number of halogens is 1. The average molecular weight is 272 g/mol. The maximum Gasteiger partial charge on any atom is 0.352 e. The Morgan fingerprint density at radius 1 is 1.58 bits per heavy atom. The number of aromatic nitrogens is 2. The molecule has 104 valence electrons. The Morgan fingerprint density at radius 3 is 2.84 bits per heavy atom. The fraction of sp³-hybridized carbons (Fsp3) is 0.400. The van der Waals surface area contributed by atoms with Crippen LogP contribution in [-0.2, 0) is 4.74 Å². The van der Waals surface area contributed by atoms with Gasteiger partial charge in [-0.25, -0.2) is 9.18 Å². The van der Waals surface area contributed by atoms with E-state index in [2.05, 4.69) is 4.98 Å². The van der Waals surface area contributed by atoms with Crippen molar-refractivity contribution in [3.05, 3.63) is 28.6 Å². The highest BCUT2D eigenvalue weighted by Gasteiger charge is 2.40. The van der Waals surface area contributed by atoms with Gasteiger partial charge < -0.3 is 26.4 Å². The summed E-state index contributed by atoms with van der Waals surface area (Å²) < 4.78 is 18.9. The van der Waals surface area contributed by atoms with Crippen LogP contribution in [0.3, 0.4) is 0 Å². The van der Waals surface area contributed by atoms with Crippen molar-refractivity contribution in [3.8, 4) is 0 Å². The van der Waals surface area contributed by atoms with E-state index in [1.54, 1.807) is 0 Å². The van der Waals surface area contributed by atoms with Gasteiger partial charge in [0.1, 0.15) is 12.2 Å². The van der Waals surface area contributed by atoms with Crippen molar-refractivity contribution < 1.29 is 19.3 Å². The number of anilines is 2. The quantitative estimate of drug-likeness (QED) is 0.514. The minimum atomic E-state index is -1.36. The highest BCUT2D eigenvalue weighted by molar-refractivity contribution is 5.55. The summed E-state index contributed by atoms with van der Waals surface area (Å²) in [7, 11) is 0. The van der Waals surface area contributed by atoms with E-state index < -0.39 is 30.7 Å². The van der Waals surface area contributed by atoms with Gasteiger partial charge in [-0.3, -0.25) is 4.57 Å². The van der Waals surface area contributed by atoms with Crippen molar-refractivity contribution in [1.82, 2.24) is 9.55 Å². The van der Waals surface area contributed by atoms with Gasteiger partial charge in [-0.15, -0.1) is 0 Å². The molecule has 1 saturated heterocycles. The maximum atomic E-state index is 12.8. The number of nitrogen functional groups attached to an aromatic ring is 2. The molecule has 0 amide bonds. The first-order valence-corrected chi connectivity index (χ1v) is 5.38. The molecule has 1 fully saturated rings. The molecule has 8 nitrogen and oxygen atoms in total. The summed E-state index contributed by atoms with van der Waals surface area (Å²) in [4.78, 5) is 15.1. The molecule has 0 spiro atoms. The summed E-state index contributed by atoms with van der Waals surface area (Å²) in [5, 5.41) is 18.7. The molecule has 19 heavy (non-hydrogen) atoms. The van der Waals surface area contributed by atoms with Crippen LogP contribution in [0.5, 0.6) is 0 Å². The van der Waals surface area contributed by atoms with E-state index in [0.717, 1.165) is 10.8 Å². The molecule has 0 radical (unpaired) electrons. The van der Waals surface area contributed by atoms with E-state index >= 15 is 0 Å². The Labute approximate surface area is 106 Å². The van der Waals surface area contributed by atoms with Crippen LogP contribution in [0.2, 0.25) is 0 Å². The Kier molecular flexibility index (Phi) is 3.51. The number of nitrogens with two attached hydrogens (primary N) is 2. The molecule has 9 heteroatoms. The van der Waals surface area contributed by atoms with Crippen molar-refractivity contribution in [2.75, 3.05) is 18.1 Å². The van der Waals surface area contributed by atoms with E-state index in [1.165, 1.54) is 0 Å². The van der Waals surface area contributed by atoms with Crippen LogP contribution in [0.1, 0.15) is 6.23 Å². The van der Waals surface area contributed by atoms with Gasteiger partial charge in [0.2, 0.25) is 0 Å². The molecule has 0 aromatic carbocycles. The zero-order chi connectivity index (χ0) is 14.2.